The summed E-state index contributed by atoms with van der Waals surface area (Å²) in [5.74, 6) is 0.107. The summed E-state index contributed by atoms with van der Waals surface area (Å²) in [4.78, 5) is 18.3. The van der Waals surface area contributed by atoms with Gasteiger partial charge in [0.2, 0.25) is 5.88 Å². The van der Waals surface area contributed by atoms with Crippen molar-refractivity contribution in [3.63, 3.8) is 0 Å². The molecule has 4 atom stereocenters. The normalized spacial score (nSPS) is 22.0. The van der Waals surface area contributed by atoms with Crippen LogP contribution in [-0.2, 0) is 17.8 Å². The Balaban J connectivity index is 1.31. The van der Waals surface area contributed by atoms with E-state index in [4.69, 9.17) is 9.47 Å². The van der Waals surface area contributed by atoms with Crippen LogP contribution in [0.1, 0.15) is 73.8 Å². The number of likely N-dealkylation sites (tertiary alicyclic amines) is 1. The first-order valence-electron chi connectivity index (χ1n) is 14.4. The molecule has 6 rings (SSSR count). The quantitative estimate of drug-likeness (QED) is 0.321. The highest BCUT2D eigenvalue weighted by Gasteiger charge is 2.39. The van der Waals surface area contributed by atoms with Gasteiger partial charge >= 0.3 is 5.97 Å². The Labute approximate surface area is 235 Å². The minimum atomic E-state index is -0.749. The highest BCUT2D eigenvalue weighted by Crippen LogP contribution is 2.48. The molecule has 2 fully saturated rings. The van der Waals surface area contributed by atoms with Crippen molar-refractivity contribution < 1.29 is 23.8 Å². The van der Waals surface area contributed by atoms with Crippen LogP contribution in [0.4, 0.5) is 4.39 Å². The van der Waals surface area contributed by atoms with Gasteiger partial charge in [-0.05, 0) is 84.7 Å². The van der Waals surface area contributed by atoms with Crippen LogP contribution in [0.2, 0.25) is 0 Å². The molecule has 40 heavy (non-hydrogen) atoms. The Bertz CT molecular complexity index is 1420. The topological polar surface area (TPSA) is 71.9 Å². The molecule has 1 saturated carbocycles. The largest absolute Gasteiger partial charge is 0.485 e. The Kier molecular flexibility index (Phi) is 7.26. The van der Waals surface area contributed by atoms with Crippen LogP contribution in [-0.4, -0.2) is 40.7 Å². The molecule has 3 aliphatic rings. The van der Waals surface area contributed by atoms with Gasteiger partial charge in [-0.3, -0.25) is 9.69 Å². The lowest BCUT2D eigenvalue weighted by Gasteiger charge is -2.39. The van der Waals surface area contributed by atoms with Crippen molar-refractivity contribution in [3.05, 3.63) is 76.7 Å². The van der Waals surface area contributed by atoms with Gasteiger partial charge in [-0.25, -0.2) is 9.37 Å². The molecule has 210 valence electrons. The van der Waals surface area contributed by atoms with Crippen molar-refractivity contribution in [2.45, 2.75) is 70.6 Å². The van der Waals surface area contributed by atoms with Gasteiger partial charge in [0.25, 0.3) is 0 Å². The zero-order valence-electron chi connectivity index (χ0n) is 23.4. The summed E-state index contributed by atoms with van der Waals surface area (Å²) < 4.78 is 26.9. The number of ether oxygens (including phenoxy) is 2. The van der Waals surface area contributed by atoms with Crippen LogP contribution in [0, 0.1) is 17.7 Å². The number of hydrogen-bond donors (Lipinski definition) is 1. The Morgan fingerprint density at radius 2 is 1.98 bits per heavy atom. The number of carboxylic acid groups (broad SMARTS) is 1. The lowest BCUT2D eigenvalue weighted by atomic mass is 9.82. The summed E-state index contributed by atoms with van der Waals surface area (Å²) in [6.45, 7) is 5.80. The molecule has 2 unspecified atom stereocenters. The van der Waals surface area contributed by atoms with Gasteiger partial charge in [0.15, 0.2) is 0 Å². The lowest BCUT2D eigenvalue weighted by molar-refractivity contribution is -0.142. The van der Waals surface area contributed by atoms with Crippen molar-refractivity contribution in [3.8, 4) is 22.8 Å². The van der Waals surface area contributed by atoms with Crippen molar-refractivity contribution >= 4 is 5.97 Å². The third-order valence-electron chi connectivity index (χ3n) is 9.14. The highest BCUT2D eigenvalue weighted by atomic mass is 19.1. The monoisotopic (exact) mass is 544 g/mol. The Morgan fingerprint density at radius 1 is 1.15 bits per heavy atom. The number of aromatic nitrogens is 1. The van der Waals surface area contributed by atoms with Crippen molar-refractivity contribution in [2.24, 2.45) is 11.8 Å². The fourth-order valence-corrected chi connectivity index (χ4v) is 6.37. The Morgan fingerprint density at radius 3 is 2.65 bits per heavy atom. The molecule has 0 bridgehead atoms. The van der Waals surface area contributed by atoms with Gasteiger partial charge in [-0.2, -0.15) is 0 Å². The third-order valence-corrected chi connectivity index (χ3v) is 9.14. The number of pyridine rings is 1. The molecule has 2 aliphatic heterocycles. The fraction of sp³-hybridized carbons (Fsp3) is 0.455. The van der Waals surface area contributed by atoms with E-state index < -0.39 is 11.9 Å². The number of benzene rings is 2. The van der Waals surface area contributed by atoms with Gasteiger partial charge in [0.05, 0.1) is 19.2 Å². The molecular formula is C33H37FN2O4. The van der Waals surface area contributed by atoms with E-state index in [9.17, 15) is 14.3 Å². The van der Waals surface area contributed by atoms with E-state index in [2.05, 4.69) is 41.1 Å². The second kappa shape index (κ2) is 10.8. The Hall–Kier alpha value is -3.45. The molecule has 1 aliphatic carbocycles. The summed E-state index contributed by atoms with van der Waals surface area (Å²) >= 11 is 0. The summed E-state index contributed by atoms with van der Waals surface area (Å²) in [5.41, 5.74) is 5.68. The minimum absolute atomic E-state index is 0.00317. The SMILES string of the molecule is COc1cc(-c2ccc(C3CCc4ccc([C@H](C5CC5)[C@H](C)C(=O)O)cc4O3)cc2CN2CCC2C)c(F)cn1. The molecule has 1 N–H and O–H groups in total. The van der Waals surface area contributed by atoms with Crippen LogP contribution in [0.3, 0.4) is 0 Å². The molecule has 6 nitrogen and oxygen atoms in total. The van der Waals surface area contributed by atoms with E-state index in [1.807, 2.05) is 19.1 Å². The van der Waals surface area contributed by atoms with Crippen LogP contribution >= 0.6 is 0 Å². The molecular weight excluding hydrogens is 507 g/mol. The number of aryl methyl sites for hydroxylation is 1. The van der Waals surface area contributed by atoms with E-state index in [0.29, 0.717) is 23.4 Å². The molecule has 3 heterocycles. The maximum Gasteiger partial charge on any atom is 0.306 e. The van der Waals surface area contributed by atoms with Gasteiger partial charge in [-0.15, -0.1) is 0 Å². The molecule has 3 aromatic rings. The van der Waals surface area contributed by atoms with E-state index in [0.717, 1.165) is 72.3 Å². The number of aliphatic carboxylic acids is 1. The van der Waals surface area contributed by atoms with Crippen LogP contribution in [0.25, 0.3) is 11.1 Å². The number of methoxy groups -OCH3 is 1. The number of fused-ring (bicyclic) bond motifs is 1. The van der Waals surface area contributed by atoms with Crippen LogP contribution in [0.5, 0.6) is 11.6 Å². The highest BCUT2D eigenvalue weighted by molar-refractivity contribution is 5.71. The predicted octanol–water partition coefficient (Wildman–Crippen LogP) is 6.77. The van der Waals surface area contributed by atoms with Gasteiger partial charge < -0.3 is 14.6 Å². The fourth-order valence-electron chi connectivity index (χ4n) is 6.37. The van der Waals surface area contributed by atoms with Crippen LogP contribution < -0.4 is 9.47 Å². The van der Waals surface area contributed by atoms with Gasteiger partial charge in [-0.1, -0.05) is 37.3 Å². The number of carboxylic acids is 1. The molecule has 0 radical (unpaired) electrons. The van der Waals surface area contributed by atoms with Crippen LogP contribution in [0.15, 0.2) is 48.7 Å². The second-order valence-electron chi connectivity index (χ2n) is 11.7. The standard InChI is InChI=1S/C33H37FN2O4/c1-19-12-13-36(19)18-25-14-23(8-10-26(25)27-16-31(39-3)35-17-28(27)34)29-11-9-21-4-7-24(15-30(21)40-29)32(22-5-6-22)20(2)33(37)38/h4,7-8,10,14-17,19-20,22,29,32H,5-6,9,11-13,18H2,1-3H3,(H,37,38)/t19?,20-,29?,32-/m0/s1. The predicted molar refractivity (Wildman–Crippen MR) is 151 cm³/mol. The average molecular weight is 545 g/mol. The average Bonchev–Trinajstić information content (AvgIpc) is 3.80. The molecule has 0 spiro atoms. The van der Waals surface area contributed by atoms with E-state index >= 15 is 0 Å². The first-order chi connectivity index (χ1) is 19.3. The van der Waals surface area contributed by atoms with Crippen molar-refractivity contribution in [1.29, 1.82) is 0 Å². The molecule has 1 saturated heterocycles. The number of rotatable bonds is 9. The van der Waals surface area contributed by atoms with E-state index in [1.165, 1.54) is 19.7 Å². The van der Waals surface area contributed by atoms with Gasteiger partial charge in [0.1, 0.15) is 17.7 Å². The lowest BCUT2D eigenvalue weighted by Crippen LogP contribution is -2.44. The minimum Gasteiger partial charge on any atom is -0.485 e. The number of nitrogens with zero attached hydrogens (tertiary/aromatic N) is 2. The van der Waals surface area contributed by atoms with Gasteiger partial charge in [0, 0.05) is 30.8 Å². The summed E-state index contributed by atoms with van der Waals surface area (Å²) in [5, 5.41) is 9.73. The zero-order chi connectivity index (χ0) is 28.0. The smallest absolute Gasteiger partial charge is 0.306 e. The van der Waals surface area contributed by atoms with E-state index in [1.54, 1.807) is 6.07 Å². The molecule has 7 heteroatoms. The second-order valence-corrected chi connectivity index (χ2v) is 11.7. The zero-order valence-corrected chi connectivity index (χ0v) is 23.4. The number of carbonyl (C=O) groups is 1. The number of halogens is 1. The maximum atomic E-state index is 15.0. The first kappa shape index (κ1) is 26.8. The third kappa shape index (κ3) is 5.19. The summed E-state index contributed by atoms with van der Waals surface area (Å²) in [6.07, 6.45) is 6.16. The maximum absolute atomic E-state index is 15.0. The summed E-state index contributed by atoms with van der Waals surface area (Å²) in [6, 6.07) is 14.7. The molecule has 1 aromatic heterocycles. The molecule has 2 aromatic carbocycles. The van der Waals surface area contributed by atoms with Crippen molar-refractivity contribution in [1.82, 2.24) is 9.88 Å². The van der Waals surface area contributed by atoms with E-state index in [-0.39, 0.29) is 17.8 Å². The van der Waals surface area contributed by atoms with Crippen molar-refractivity contribution in [2.75, 3.05) is 13.7 Å². The summed E-state index contributed by atoms with van der Waals surface area (Å²) in [7, 11) is 1.54. The number of hydrogen-bond acceptors (Lipinski definition) is 5. The molecule has 0 amide bonds. The first-order valence-corrected chi connectivity index (χ1v) is 14.4.